The second-order valence-electron chi connectivity index (χ2n) is 4.47. The molecule has 3 N–H and O–H groups in total. The van der Waals surface area contributed by atoms with Crippen LogP contribution >= 0.6 is 0 Å². The maximum absolute atomic E-state index is 11.7. The lowest BCUT2D eigenvalue weighted by atomic mass is 9.99. The highest BCUT2D eigenvalue weighted by atomic mass is 16.2. The van der Waals surface area contributed by atoms with E-state index < -0.39 is 6.04 Å². The molecule has 1 aromatic rings. The number of nitrogens with one attached hydrogen (secondary N) is 1. The van der Waals surface area contributed by atoms with Crippen LogP contribution in [0.15, 0.2) is 12.4 Å². The molecule has 17 heavy (non-hydrogen) atoms. The van der Waals surface area contributed by atoms with Gasteiger partial charge in [-0.1, -0.05) is 20.3 Å². The van der Waals surface area contributed by atoms with E-state index >= 15 is 0 Å². The monoisotopic (exact) mass is 238 g/mol. The average Bonchev–Trinajstić information content (AvgIpc) is 2.72. The Kier molecular flexibility index (Phi) is 5.15. The molecule has 0 radical (unpaired) electrons. The predicted octanol–water partition coefficient (Wildman–Crippen LogP) is 0.452. The summed E-state index contributed by atoms with van der Waals surface area (Å²) in [6.07, 6.45) is 5.45. The molecular formula is C12H22N4O. The number of nitrogens with zero attached hydrogens (tertiary/aromatic N) is 2. The lowest BCUT2D eigenvalue weighted by Gasteiger charge is -2.17. The number of nitrogens with two attached hydrogens (primary N) is 1. The van der Waals surface area contributed by atoms with Crippen molar-refractivity contribution in [3.8, 4) is 0 Å². The minimum atomic E-state index is -0.408. The summed E-state index contributed by atoms with van der Waals surface area (Å²) in [7, 11) is 1.88. The lowest BCUT2D eigenvalue weighted by molar-refractivity contribution is -0.123. The Morgan fingerprint density at radius 2 is 2.35 bits per heavy atom. The Morgan fingerprint density at radius 1 is 1.65 bits per heavy atom. The van der Waals surface area contributed by atoms with Crippen LogP contribution in [0.4, 0.5) is 0 Å². The molecule has 1 amide bonds. The van der Waals surface area contributed by atoms with E-state index in [0.29, 0.717) is 6.54 Å². The first-order valence-corrected chi connectivity index (χ1v) is 6.05. The van der Waals surface area contributed by atoms with Crippen molar-refractivity contribution in [2.75, 3.05) is 6.54 Å². The van der Waals surface area contributed by atoms with Gasteiger partial charge in [-0.15, -0.1) is 0 Å². The summed E-state index contributed by atoms with van der Waals surface area (Å²) in [6.45, 7) is 4.63. The molecule has 0 spiro atoms. The predicted molar refractivity (Wildman–Crippen MR) is 67.4 cm³/mol. The third kappa shape index (κ3) is 4.19. The Hall–Kier alpha value is -1.36. The van der Waals surface area contributed by atoms with E-state index in [0.717, 1.165) is 18.4 Å². The highest BCUT2D eigenvalue weighted by Crippen LogP contribution is 2.05. The lowest BCUT2D eigenvalue weighted by Crippen LogP contribution is -2.45. The molecule has 0 bridgehead atoms. The van der Waals surface area contributed by atoms with Gasteiger partial charge in [0, 0.05) is 19.8 Å². The Morgan fingerprint density at radius 3 is 2.88 bits per heavy atom. The molecule has 1 heterocycles. The van der Waals surface area contributed by atoms with Crippen LogP contribution in [-0.4, -0.2) is 28.3 Å². The van der Waals surface area contributed by atoms with Crippen LogP contribution < -0.4 is 11.1 Å². The molecule has 5 heteroatoms. The third-order valence-electron chi connectivity index (χ3n) is 3.03. The summed E-state index contributed by atoms with van der Waals surface area (Å²) in [5.74, 6) is 0.150. The van der Waals surface area contributed by atoms with Crippen molar-refractivity contribution in [2.24, 2.45) is 18.7 Å². The maximum Gasteiger partial charge on any atom is 0.237 e. The smallest absolute Gasteiger partial charge is 0.237 e. The van der Waals surface area contributed by atoms with Crippen LogP contribution in [-0.2, 0) is 18.3 Å². The number of hydrogen-bond donors (Lipinski definition) is 2. The van der Waals surface area contributed by atoms with Gasteiger partial charge in [0.15, 0.2) is 0 Å². The molecule has 0 saturated heterocycles. The molecule has 0 aliphatic heterocycles. The fourth-order valence-corrected chi connectivity index (χ4v) is 1.56. The SMILES string of the molecule is CCC(C)C(N)C(=O)NCCc1cnn(C)c1. The van der Waals surface area contributed by atoms with Crippen LogP contribution in [0.5, 0.6) is 0 Å². The number of aryl methyl sites for hydroxylation is 1. The summed E-state index contributed by atoms with van der Waals surface area (Å²) in [5, 5.41) is 6.92. The Balaban J connectivity index is 2.29. The van der Waals surface area contributed by atoms with Gasteiger partial charge in [-0.2, -0.15) is 5.10 Å². The first-order chi connectivity index (χ1) is 8.04. The number of carbonyl (C=O) groups is 1. The minimum absolute atomic E-state index is 0.0664. The topological polar surface area (TPSA) is 72.9 Å². The van der Waals surface area contributed by atoms with E-state index in [-0.39, 0.29) is 11.8 Å². The molecule has 2 atom stereocenters. The first kappa shape index (κ1) is 13.7. The van der Waals surface area contributed by atoms with Crippen molar-refractivity contribution >= 4 is 5.91 Å². The quantitative estimate of drug-likeness (QED) is 0.756. The van der Waals surface area contributed by atoms with Crippen molar-refractivity contribution in [3.05, 3.63) is 18.0 Å². The maximum atomic E-state index is 11.7. The molecule has 0 aromatic carbocycles. The summed E-state index contributed by atoms with van der Waals surface area (Å²) in [5.41, 5.74) is 6.94. The van der Waals surface area contributed by atoms with Gasteiger partial charge >= 0.3 is 0 Å². The standard InChI is InChI=1S/C12H22N4O/c1-4-9(2)11(13)12(17)14-6-5-10-7-15-16(3)8-10/h7-9,11H,4-6,13H2,1-3H3,(H,14,17). The molecule has 1 rings (SSSR count). The summed E-state index contributed by atoms with van der Waals surface area (Å²) < 4.78 is 1.75. The van der Waals surface area contributed by atoms with Crippen molar-refractivity contribution in [2.45, 2.75) is 32.7 Å². The zero-order chi connectivity index (χ0) is 12.8. The van der Waals surface area contributed by atoms with E-state index in [9.17, 15) is 4.79 Å². The van der Waals surface area contributed by atoms with Gasteiger partial charge in [-0.3, -0.25) is 9.48 Å². The number of hydrogen-bond acceptors (Lipinski definition) is 3. The van der Waals surface area contributed by atoms with Crippen molar-refractivity contribution in [1.82, 2.24) is 15.1 Å². The molecule has 5 nitrogen and oxygen atoms in total. The Labute approximate surface area is 102 Å². The summed E-state index contributed by atoms with van der Waals surface area (Å²) in [6, 6.07) is -0.408. The van der Waals surface area contributed by atoms with Crippen LogP contribution in [0.2, 0.25) is 0 Å². The fraction of sp³-hybridized carbons (Fsp3) is 0.667. The molecule has 0 aliphatic carbocycles. The largest absolute Gasteiger partial charge is 0.354 e. The van der Waals surface area contributed by atoms with Gasteiger partial charge in [0.25, 0.3) is 0 Å². The van der Waals surface area contributed by atoms with Crippen LogP contribution in [0.1, 0.15) is 25.8 Å². The van der Waals surface area contributed by atoms with Gasteiger partial charge in [-0.05, 0) is 17.9 Å². The van der Waals surface area contributed by atoms with Crippen LogP contribution in [0, 0.1) is 5.92 Å². The fourth-order valence-electron chi connectivity index (χ4n) is 1.56. The molecule has 1 aromatic heterocycles. The second-order valence-corrected chi connectivity index (χ2v) is 4.47. The van der Waals surface area contributed by atoms with E-state index in [4.69, 9.17) is 5.73 Å². The highest BCUT2D eigenvalue weighted by Gasteiger charge is 2.18. The molecule has 0 aliphatic rings. The van der Waals surface area contributed by atoms with E-state index in [1.54, 1.807) is 10.9 Å². The summed E-state index contributed by atoms with van der Waals surface area (Å²) in [4.78, 5) is 11.7. The molecule has 0 saturated carbocycles. The number of aromatic nitrogens is 2. The average molecular weight is 238 g/mol. The third-order valence-corrected chi connectivity index (χ3v) is 3.03. The van der Waals surface area contributed by atoms with Gasteiger partial charge < -0.3 is 11.1 Å². The van der Waals surface area contributed by atoms with Crippen LogP contribution in [0.3, 0.4) is 0 Å². The zero-order valence-corrected chi connectivity index (χ0v) is 10.8. The van der Waals surface area contributed by atoms with E-state index in [2.05, 4.69) is 10.4 Å². The molecule has 0 fully saturated rings. The second kappa shape index (κ2) is 6.39. The van der Waals surface area contributed by atoms with Gasteiger partial charge in [0.05, 0.1) is 12.2 Å². The van der Waals surface area contributed by atoms with Gasteiger partial charge in [0.1, 0.15) is 0 Å². The van der Waals surface area contributed by atoms with Gasteiger partial charge in [0.2, 0.25) is 5.91 Å². The number of carbonyl (C=O) groups excluding carboxylic acids is 1. The van der Waals surface area contributed by atoms with E-state index in [1.165, 1.54) is 0 Å². The molecule has 2 unspecified atom stereocenters. The Bertz CT molecular complexity index is 361. The number of amides is 1. The van der Waals surface area contributed by atoms with Crippen molar-refractivity contribution in [1.29, 1.82) is 0 Å². The minimum Gasteiger partial charge on any atom is -0.354 e. The van der Waals surface area contributed by atoms with Crippen molar-refractivity contribution in [3.63, 3.8) is 0 Å². The summed E-state index contributed by atoms with van der Waals surface area (Å²) >= 11 is 0. The molecule has 96 valence electrons. The van der Waals surface area contributed by atoms with Crippen LogP contribution in [0.25, 0.3) is 0 Å². The zero-order valence-electron chi connectivity index (χ0n) is 10.8. The van der Waals surface area contributed by atoms with Crippen molar-refractivity contribution < 1.29 is 4.79 Å². The number of rotatable bonds is 6. The van der Waals surface area contributed by atoms with Gasteiger partial charge in [-0.25, -0.2) is 0 Å². The van der Waals surface area contributed by atoms with E-state index in [1.807, 2.05) is 27.1 Å². The molecular weight excluding hydrogens is 216 g/mol. The normalized spacial score (nSPS) is 14.4. The highest BCUT2D eigenvalue weighted by molar-refractivity contribution is 5.81. The first-order valence-electron chi connectivity index (χ1n) is 6.05.